The molecule has 0 saturated heterocycles. The van der Waals surface area contributed by atoms with Crippen LogP contribution >= 0.6 is 23.4 Å². The van der Waals surface area contributed by atoms with Crippen molar-refractivity contribution in [3.8, 4) is 0 Å². The maximum absolute atomic E-state index is 12.8. The van der Waals surface area contributed by atoms with Crippen molar-refractivity contribution in [3.63, 3.8) is 0 Å². The lowest BCUT2D eigenvalue weighted by molar-refractivity contribution is -0.118. The van der Waals surface area contributed by atoms with Gasteiger partial charge in [-0.15, -0.1) is 6.58 Å². The van der Waals surface area contributed by atoms with Crippen LogP contribution in [0.15, 0.2) is 71.1 Å². The second kappa shape index (κ2) is 9.76. The van der Waals surface area contributed by atoms with Gasteiger partial charge in [0.1, 0.15) is 0 Å². The fourth-order valence-electron chi connectivity index (χ4n) is 2.92. The van der Waals surface area contributed by atoms with E-state index in [9.17, 15) is 9.59 Å². The number of nitrogens with one attached hydrogen (secondary N) is 1. The van der Waals surface area contributed by atoms with E-state index in [2.05, 4.69) is 23.8 Å². The number of amides is 1. The first-order valence-electron chi connectivity index (χ1n) is 9.25. The van der Waals surface area contributed by atoms with Gasteiger partial charge in [0, 0.05) is 18.1 Å². The number of hydrogen-bond acceptors (Lipinski definition) is 4. The van der Waals surface area contributed by atoms with Gasteiger partial charge in [-0.2, -0.15) is 0 Å². The molecule has 0 aliphatic carbocycles. The predicted octanol–water partition coefficient (Wildman–Crippen LogP) is 4.25. The first kappa shape index (κ1) is 21.1. The lowest BCUT2D eigenvalue weighted by atomic mass is 10.0. The SMILES string of the molecule is C=CCn1c(SCC(=O)NCC(C)c2ccccc2)nc2cc(Cl)ccc2c1=O. The molecule has 1 atom stereocenters. The second-order valence-electron chi connectivity index (χ2n) is 6.66. The number of carbonyl (C=O) groups excluding carboxylic acids is 1. The molecule has 0 spiro atoms. The Morgan fingerprint density at radius 2 is 2.07 bits per heavy atom. The Labute approximate surface area is 178 Å². The smallest absolute Gasteiger partial charge is 0.262 e. The van der Waals surface area contributed by atoms with E-state index in [1.165, 1.54) is 21.9 Å². The van der Waals surface area contributed by atoms with Gasteiger partial charge >= 0.3 is 0 Å². The van der Waals surface area contributed by atoms with Gasteiger partial charge in [-0.25, -0.2) is 4.98 Å². The molecule has 0 fully saturated rings. The summed E-state index contributed by atoms with van der Waals surface area (Å²) in [5, 5.41) is 4.41. The van der Waals surface area contributed by atoms with Gasteiger partial charge in [0.2, 0.25) is 5.91 Å². The van der Waals surface area contributed by atoms with E-state index in [-0.39, 0.29) is 23.1 Å². The van der Waals surface area contributed by atoms with Crippen molar-refractivity contribution in [2.24, 2.45) is 0 Å². The fourth-order valence-corrected chi connectivity index (χ4v) is 3.93. The van der Waals surface area contributed by atoms with Crippen molar-refractivity contribution in [2.75, 3.05) is 12.3 Å². The zero-order valence-electron chi connectivity index (χ0n) is 16.1. The van der Waals surface area contributed by atoms with Gasteiger partial charge in [0.05, 0.1) is 16.7 Å². The van der Waals surface area contributed by atoms with Crippen LogP contribution in [0.3, 0.4) is 0 Å². The number of thioether (sulfide) groups is 1. The average Bonchev–Trinajstić information content (AvgIpc) is 2.73. The van der Waals surface area contributed by atoms with Gasteiger partial charge in [0.15, 0.2) is 5.16 Å². The van der Waals surface area contributed by atoms with E-state index in [1.54, 1.807) is 24.3 Å². The number of carbonyl (C=O) groups is 1. The Morgan fingerprint density at radius 1 is 1.31 bits per heavy atom. The third kappa shape index (κ3) is 5.28. The van der Waals surface area contributed by atoms with Crippen LogP contribution in [0, 0.1) is 0 Å². The minimum atomic E-state index is -0.174. The topological polar surface area (TPSA) is 64.0 Å². The van der Waals surface area contributed by atoms with Crippen LogP contribution in [-0.2, 0) is 11.3 Å². The molecule has 7 heteroatoms. The highest BCUT2D eigenvalue weighted by Gasteiger charge is 2.14. The summed E-state index contributed by atoms with van der Waals surface area (Å²) in [5.41, 5.74) is 1.52. The summed E-state index contributed by atoms with van der Waals surface area (Å²) in [4.78, 5) is 29.7. The highest BCUT2D eigenvalue weighted by Crippen LogP contribution is 2.20. The zero-order chi connectivity index (χ0) is 20.8. The van der Waals surface area contributed by atoms with Crippen molar-refractivity contribution in [1.82, 2.24) is 14.9 Å². The molecule has 0 aliphatic rings. The molecule has 150 valence electrons. The number of allylic oxidation sites excluding steroid dienone is 1. The van der Waals surface area contributed by atoms with Crippen molar-refractivity contribution in [3.05, 3.63) is 82.1 Å². The van der Waals surface area contributed by atoms with E-state index < -0.39 is 0 Å². The zero-order valence-corrected chi connectivity index (χ0v) is 17.7. The van der Waals surface area contributed by atoms with E-state index in [1.807, 2.05) is 30.3 Å². The summed E-state index contributed by atoms with van der Waals surface area (Å²) in [6.07, 6.45) is 1.64. The number of rotatable bonds is 8. The molecule has 0 bridgehead atoms. The number of hydrogen-bond donors (Lipinski definition) is 1. The number of nitrogens with zero attached hydrogens (tertiary/aromatic N) is 2. The third-order valence-electron chi connectivity index (χ3n) is 4.50. The van der Waals surface area contributed by atoms with E-state index >= 15 is 0 Å². The summed E-state index contributed by atoms with van der Waals surface area (Å²) >= 11 is 7.26. The molecule has 5 nitrogen and oxygen atoms in total. The van der Waals surface area contributed by atoms with Crippen LogP contribution in [-0.4, -0.2) is 27.8 Å². The number of benzene rings is 2. The quantitative estimate of drug-likeness (QED) is 0.331. The average molecular weight is 428 g/mol. The molecule has 1 aromatic heterocycles. The van der Waals surface area contributed by atoms with Crippen LogP contribution in [0.5, 0.6) is 0 Å². The normalized spacial score (nSPS) is 11.9. The van der Waals surface area contributed by atoms with Crippen molar-refractivity contribution < 1.29 is 4.79 Å². The molecule has 1 amide bonds. The van der Waals surface area contributed by atoms with Crippen LogP contribution in [0.1, 0.15) is 18.4 Å². The molecule has 2 aromatic carbocycles. The standard InChI is InChI=1S/C22H22ClN3O2S/c1-3-11-26-21(28)18-10-9-17(23)12-19(18)25-22(26)29-14-20(27)24-13-15(2)16-7-5-4-6-8-16/h3-10,12,15H,1,11,13-14H2,2H3,(H,24,27). The Kier molecular flexibility index (Phi) is 7.12. The fraction of sp³-hybridized carbons (Fsp3) is 0.227. The van der Waals surface area contributed by atoms with Gasteiger partial charge in [-0.3, -0.25) is 14.2 Å². The summed E-state index contributed by atoms with van der Waals surface area (Å²) in [6, 6.07) is 15.0. The van der Waals surface area contributed by atoms with Gasteiger partial charge in [-0.1, -0.05) is 66.7 Å². The molecule has 1 N–H and O–H groups in total. The van der Waals surface area contributed by atoms with E-state index in [0.717, 1.165) is 0 Å². The molecule has 3 aromatic rings. The lowest BCUT2D eigenvalue weighted by Crippen LogP contribution is -2.29. The Balaban J connectivity index is 1.70. The maximum atomic E-state index is 12.8. The third-order valence-corrected chi connectivity index (χ3v) is 5.71. The van der Waals surface area contributed by atoms with Crippen LogP contribution in [0.25, 0.3) is 10.9 Å². The van der Waals surface area contributed by atoms with Gasteiger partial charge in [0.25, 0.3) is 5.56 Å². The van der Waals surface area contributed by atoms with Crippen molar-refractivity contribution in [2.45, 2.75) is 24.5 Å². The molecule has 1 unspecified atom stereocenters. The number of aromatic nitrogens is 2. The summed E-state index contributed by atoms with van der Waals surface area (Å²) in [7, 11) is 0. The molecular formula is C22H22ClN3O2S. The highest BCUT2D eigenvalue weighted by atomic mass is 35.5. The van der Waals surface area contributed by atoms with E-state index in [0.29, 0.717) is 34.2 Å². The van der Waals surface area contributed by atoms with Gasteiger partial charge < -0.3 is 5.32 Å². The summed E-state index contributed by atoms with van der Waals surface area (Å²) in [5.74, 6) is 0.269. The maximum Gasteiger partial charge on any atom is 0.262 e. The number of halogens is 1. The highest BCUT2D eigenvalue weighted by molar-refractivity contribution is 7.99. The molecule has 29 heavy (non-hydrogen) atoms. The Hall–Kier alpha value is -2.57. The monoisotopic (exact) mass is 427 g/mol. The minimum Gasteiger partial charge on any atom is -0.355 e. The summed E-state index contributed by atoms with van der Waals surface area (Å²) in [6.45, 7) is 6.64. The number of fused-ring (bicyclic) bond motifs is 1. The lowest BCUT2D eigenvalue weighted by Gasteiger charge is -2.14. The molecule has 0 saturated carbocycles. The van der Waals surface area contributed by atoms with Crippen molar-refractivity contribution in [1.29, 1.82) is 0 Å². The molecule has 3 rings (SSSR count). The molecule has 0 radical (unpaired) electrons. The first-order valence-corrected chi connectivity index (χ1v) is 10.6. The Morgan fingerprint density at radius 3 is 2.79 bits per heavy atom. The predicted molar refractivity (Wildman–Crippen MR) is 120 cm³/mol. The molecule has 0 aliphatic heterocycles. The van der Waals surface area contributed by atoms with Crippen molar-refractivity contribution >= 4 is 40.2 Å². The molecular weight excluding hydrogens is 406 g/mol. The first-order chi connectivity index (χ1) is 14.0. The van der Waals surface area contributed by atoms with Crippen LogP contribution in [0.2, 0.25) is 5.02 Å². The molecule has 1 heterocycles. The second-order valence-corrected chi connectivity index (χ2v) is 8.04. The van der Waals surface area contributed by atoms with Gasteiger partial charge in [-0.05, 0) is 29.7 Å². The Bertz CT molecular complexity index is 1080. The minimum absolute atomic E-state index is 0.108. The van der Waals surface area contributed by atoms with Crippen LogP contribution < -0.4 is 10.9 Å². The largest absolute Gasteiger partial charge is 0.355 e. The van der Waals surface area contributed by atoms with Crippen LogP contribution in [0.4, 0.5) is 0 Å². The summed E-state index contributed by atoms with van der Waals surface area (Å²) < 4.78 is 1.52. The van der Waals surface area contributed by atoms with E-state index in [4.69, 9.17) is 11.6 Å².